The van der Waals surface area contributed by atoms with Gasteiger partial charge in [0.1, 0.15) is 23.2 Å². The number of aliphatic carboxylic acids is 1. The maximum atomic E-state index is 12.6. The van der Waals surface area contributed by atoms with E-state index in [0.717, 1.165) is 0 Å². The van der Waals surface area contributed by atoms with E-state index < -0.39 is 11.9 Å². The zero-order valence-corrected chi connectivity index (χ0v) is 22.6. The number of anilines is 2. The second kappa shape index (κ2) is 12.7. The molecule has 1 aliphatic rings. The Morgan fingerprint density at radius 3 is 2.54 bits per heavy atom. The van der Waals surface area contributed by atoms with Gasteiger partial charge in [-0.25, -0.2) is 4.98 Å². The zero-order chi connectivity index (χ0) is 25.7. The molecule has 2 aromatic carbocycles. The van der Waals surface area contributed by atoms with Gasteiger partial charge in [-0.15, -0.1) is 0 Å². The number of nitrogens with zero attached hydrogens (tertiary/aromatic N) is 3. The quantitative estimate of drug-likeness (QED) is 0.357. The molecule has 1 amide bonds. The van der Waals surface area contributed by atoms with Gasteiger partial charge in [0.2, 0.25) is 5.91 Å². The van der Waals surface area contributed by atoms with Crippen LogP contribution >= 0.6 is 0 Å². The number of carbonyl (C=O) groups excluding carboxylic acids is 2. The molecule has 9 nitrogen and oxygen atoms in total. The molecule has 0 saturated carbocycles. The van der Waals surface area contributed by atoms with Crippen LogP contribution in [0.2, 0.25) is 0 Å². The van der Waals surface area contributed by atoms with Gasteiger partial charge in [0.25, 0.3) is 0 Å². The number of rotatable bonds is 7. The molecule has 0 spiro atoms. The maximum Gasteiger partial charge on any atom is 1.00 e. The van der Waals surface area contributed by atoms with Gasteiger partial charge in [0.05, 0.1) is 5.69 Å². The first kappa shape index (κ1) is 28.2. The van der Waals surface area contributed by atoms with Crippen LogP contribution in [0.4, 0.5) is 11.5 Å². The van der Waals surface area contributed by atoms with Crippen molar-refractivity contribution in [3.8, 4) is 34.2 Å². The van der Waals surface area contributed by atoms with Gasteiger partial charge in [0.15, 0.2) is 0 Å². The van der Waals surface area contributed by atoms with E-state index in [1.165, 1.54) is 0 Å². The summed E-state index contributed by atoms with van der Waals surface area (Å²) in [6, 6.07) is 17.6. The summed E-state index contributed by atoms with van der Waals surface area (Å²) in [5.74, 6) is -1.49. The van der Waals surface area contributed by atoms with Crippen LogP contribution in [-0.2, 0) is 9.59 Å². The van der Waals surface area contributed by atoms with Crippen molar-refractivity contribution >= 4 is 23.4 Å². The number of carboxylic acids is 1. The first-order chi connectivity index (χ1) is 17.4. The smallest absolute Gasteiger partial charge is 0.550 e. The monoisotopic (exact) mass is 507 g/mol. The van der Waals surface area contributed by atoms with Gasteiger partial charge < -0.3 is 31.0 Å². The number of carbonyl (C=O) groups is 2. The van der Waals surface area contributed by atoms with Gasteiger partial charge in [0, 0.05) is 41.7 Å². The number of nitrogens with one attached hydrogen (secondary N) is 1. The Morgan fingerprint density at radius 2 is 1.86 bits per heavy atom. The van der Waals surface area contributed by atoms with Crippen molar-refractivity contribution in [2.24, 2.45) is 5.92 Å². The van der Waals surface area contributed by atoms with Crippen LogP contribution in [0.1, 0.15) is 24.8 Å². The summed E-state index contributed by atoms with van der Waals surface area (Å²) in [6.07, 6.45) is 1.33. The predicted molar refractivity (Wildman–Crippen MR) is 133 cm³/mol. The summed E-state index contributed by atoms with van der Waals surface area (Å²) in [7, 11) is 0. The van der Waals surface area contributed by atoms with Crippen molar-refractivity contribution in [1.82, 2.24) is 9.88 Å². The van der Waals surface area contributed by atoms with E-state index in [1.54, 1.807) is 54.6 Å². The Morgan fingerprint density at radius 1 is 1.14 bits per heavy atom. The molecule has 10 heteroatoms. The Kier molecular flexibility index (Phi) is 9.66. The van der Waals surface area contributed by atoms with Crippen LogP contribution in [0, 0.1) is 17.2 Å². The number of pyridine rings is 1. The van der Waals surface area contributed by atoms with E-state index in [1.807, 2.05) is 0 Å². The fourth-order valence-corrected chi connectivity index (χ4v) is 4.38. The van der Waals surface area contributed by atoms with Gasteiger partial charge >= 0.3 is 29.6 Å². The van der Waals surface area contributed by atoms with E-state index in [4.69, 9.17) is 5.73 Å². The van der Waals surface area contributed by atoms with Crippen molar-refractivity contribution in [2.45, 2.75) is 19.3 Å². The Labute approximate surface area is 237 Å². The predicted octanol–water partition coefficient (Wildman–Crippen LogP) is -0.630. The number of hydrogen-bond acceptors (Lipinski definition) is 8. The molecule has 0 unspecified atom stereocenters. The van der Waals surface area contributed by atoms with Gasteiger partial charge in [-0.3, -0.25) is 4.79 Å². The fourth-order valence-electron chi connectivity index (χ4n) is 4.38. The van der Waals surface area contributed by atoms with Crippen LogP contribution in [0.5, 0.6) is 5.75 Å². The molecule has 4 N–H and O–H groups in total. The van der Waals surface area contributed by atoms with E-state index >= 15 is 0 Å². The number of para-hydroxylation sites is 1. The number of nitrogen functional groups attached to an aromatic ring is 1. The molecule has 1 aromatic heterocycles. The number of carboxylic acid groups (broad SMARTS) is 1. The molecule has 0 aliphatic carbocycles. The minimum absolute atomic E-state index is 0. The van der Waals surface area contributed by atoms with Crippen LogP contribution in [0.15, 0.2) is 54.6 Å². The topological polar surface area (TPSA) is 155 Å². The minimum Gasteiger partial charge on any atom is -0.550 e. The van der Waals surface area contributed by atoms with Crippen LogP contribution in [-0.4, -0.2) is 46.5 Å². The van der Waals surface area contributed by atoms with Crippen molar-refractivity contribution in [1.29, 1.82) is 5.26 Å². The molecule has 0 radical (unpaired) electrons. The third kappa shape index (κ3) is 6.87. The normalized spacial score (nSPS) is 13.8. The maximum absolute atomic E-state index is 12.6. The molecular weight excluding hydrogens is 481 g/mol. The first-order valence-electron chi connectivity index (χ1n) is 11.7. The van der Waals surface area contributed by atoms with Crippen molar-refractivity contribution < 1.29 is 49.4 Å². The number of aromatic hydroxyl groups is 1. The Hall–Kier alpha value is -3.42. The standard InChI is InChI=1S/C27H27N5O4.Na/c28-16-22-21(15-23(31-26(22)29)20-6-1-2-7-24(20)33)18-4-3-5-19(14-18)30-25(34)10-13-32-11-8-17(9-12-32)27(35)36;/h1-7,14-15,17,33H,8-13H2,(H2,29,31)(H,30,34)(H,35,36);/q;+1/p-1. The number of likely N-dealkylation sites (tertiary alicyclic amines) is 1. The molecular formula is C27H26N5NaO4. The summed E-state index contributed by atoms with van der Waals surface area (Å²) in [5, 5.41) is 33.8. The van der Waals surface area contributed by atoms with Gasteiger partial charge in [-0.2, -0.15) is 5.26 Å². The molecule has 2 heterocycles. The molecule has 184 valence electrons. The summed E-state index contributed by atoms with van der Waals surface area (Å²) in [6.45, 7) is 1.79. The Bertz CT molecular complexity index is 1330. The van der Waals surface area contributed by atoms with E-state index in [9.17, 15) is 25.1 Å². The third-order valence-electron chi connectivity index (χ3n) is 6.37. The molecule has 4 rings (SSSR count). The molecule has 3 aromatic rings. The number of nitrogens with two attached hydrogens (primary N) is 1. The first-order valence-corrected chi connectivity index (χ1v) is 11.7. The number of nitriles is 1. The molecule has 37 heavy (non-hydrogen) atoms. The number of phenolic OH excluding ortho intramolecular Hbond substituents is 1. The SMILES string of the molecule is N#Cc1c(-c2cccc(NC(=O)CCN3CCC(C(=O)[O-])CC3)c2)cc(-c2ccccc2O)nc1N.[Na+]. The molecule has 0 atom stereocenters. The largest absolute Gasteiger partial charge is 1.00 e. The minimum atomic E-state index is -1.00. The van der Waals surface area contributed by atoms with Crippen molar-refractivity contribution in [3.05, 3.63) is 60.2 Å². The summed E-state index contributed by atoms with van der Waals surface area (Å²) < 4.78 is 0. The van der Waals surface area contributed by atoms with Crippen molar-refractivity contribution in [2.75, 3.05) is 30.7 Å². The van der Waals surface area contributed by atoms with Crippen LogP contribution < -0.4 is 45.7 Å². The summed E-state index contributed by atoms with van der Waals surface area (Å²) >= 11 is 0. The molecule has 1 aliphatic heterocycles. The number of hydrogen-bond donors (Lipinski definition) is 3. The van der Waals surface area contributed by atoms with Gasteiger partial charge in [-0.1, -0.05) is 24.3 Å². The average molecular weight is 508 g/mol. The van der Waals surface area contributed by atoms with Crippen LogP contribution in [0.3, 0.4) is 0 Å². The van der Waals surface area contributed by atoms with E-state index in [0.29, 0.717) is 60.5 Å². The second-order valence-corrected chi connectivity index (χ2v) is 8.76. The second-order valence-electron chi connectivity index (χ2n) is 8.76. The number of benzene rings is 2. The number of amides is 1. The Balaban J connectivity index is 0.00000380. The number of aromatic nitrogens is 1. The third-order valence-corrected chi connectivity index (χ3v) is 6.37. The molecule has 0 bridgehead atoms. The molecule has 1 fully saturated rings. The van der Waals surface area contributed by atoms with Gasteiger partial charge in [-0.05, 0) is 61.8 Å². The zero-order valence-electron chi connectivity index (χ0n) is 20.6. The number of piperidine rings is 1. The van der Waals surface area contributed by atoms with Crippen LogP contribution in [0.25, 0.3) is 22.4 Å². The fraction of sp³-hybridized carbons (Fsp3) is 0.259. The summed E-state index contributed by atoms with van der Waals surface area (Å²) in [5.41, 5.74) is 8.98. The van der Waals surface area contributed by atoms with E-state index in [-0.39, 0.29) is 59.0 Å². The number of phenols is 1. The molecule has 1 saturated heterocycles. The summed E-state index contributed by atoms with van der Waals surface area (Å²) in [4.78, 5) is 29.9. The van der Waals surface area contributed by atoms with Crippen molar-refractivity contribution in [3.63, 3.8) is 0 Å². The van der Waals surface area contributed by atoms with E-state index in [2.05, 4.69) is 21.3 Å². The average Bonchev–Trinajstić information content (AvgIpc) is 2.87.